The quantitative estimate of drug-likeness (QED) is 0.871. The predicted octanol–water partition coefficient (Wildman–Crippen LogP) is 0.670. The molecule has 0 bridgehead atoms. The van der Waals surface area contributed by atoms with Gasteiger partial charge < -0.3 is 15.2 Å². The highest BCUT2D eigenvalue weighted by Crippen LogP contribution is 2.15. The maximum Gasteiger partial charge on any atom is 0.251 e. The van der Waals surface area contributed by atoms with Crippen LogP contribution >= 0.6 is 0 Å². The van der Waals surface area contributed by atoms with Gasteiger partial charge in [0.2, 0.25) is 0 Å². The number of carbonyl (C=O) groups is 1. The number of carbonyl (C=O) groups excluding carboxylic acids is 1. The third kappa shape index (κ3) is 3.06. The number of imidazole rings is 1. The summed E-state index contributed by atoms with van der Waals surface area (Å²) in [6.07, 6.45) is 0. The van der Waals surface area contributed by atoms with E-state index in [4.69, 9.17) is 0 Å². The van der Waals surface area contributed by atoms with Crippen LogP contribution in [0.3, 0.4) is 0 Å². The number of piperazine rings is 1. The van der Waals surface area contributed by atoms with Crippen LogP contribution in [0, 0.1) is 0 Å². The molecule has 0 atom stereocenters. The Labute approximate surface area is 124 Å². The van der Waals surface area contributed by atoms with Crippen molar-refractivity contribution in [1.29, 1.82) is 0 Å². The molecule has 1 amide bonds. The summed E-state index contributed by atoms with van der Waals surface area (Å²) in [6.45, 7) is 5.16. The van der Waals surface area contributed by atoms with Crippen LogP contribution in [0.15, 0.2) is 18.2 Å². The monoisotopic (exact) mass is 287 g/mol. The van der Waals surface area contributed by atoms with E-state index < -0.39 is 0 Å². The fourth-order valence-electron chi connectivity index (χ4n) is 2.64. The maximum atomic E-state index is 11.7. The number of nitrogens with one attached hydrogen (secondary N) is 2. The van der Waals surface area contributed by atoms with Gasteiger partial charge in [-0.05, 0) is 25.2 Å². The number of hydrogen-bond donors (Lipinski definition) is 2. The van der Waals surface area contributed by atoms with E-state index in [-0.39, 0.29) is 5.91 Å². The lowest BCUT2D eigenvalue weighted by atomic mass is 10.2. The minimum absolute atomic E-state index is 0.0767. The van der Waals surface area contributed by atoms with Gasteiger partial charge in [-0.2, -0.15) is 0 Å². The van der Waals surface area contributed by atoms with Crippen molar-refractivity contribution in [3.63, 3.8) is 0 Å². The van der Waals surface area contributed by atoms with Crippen molar-refractivity contribution < 1.29 is 4.79 Å². The molecule has 1 aromatic heterocycles. The van der Waals surface area contributed by atoms with E-state index in [1.54, 1.807) is 7.05 Å². The van der Waals surface area contributed by atoms with Gasteiger partial charge in [-0.25, -0.2) is 4.98 Å². The van der Waals surface area contributed by atoms with Crippen LogP contribution in [0.2, 0.25) is 0 Å². The van der Waals surface area contributed by atoms with E-state index in [2.05, 4.69) is 32.1 Å². The first-order valence-electron chi connectivity index (χ1n) is 7.27. The average Bonchev–Trinajstić information content (AvgIpc) is 2.90. The zero-order valence-electron chi connectivity index (χ0n) is 12.5. The summed E-state index contributed by atoms with van der Waals surface area (Å²) in [5, 5.41) is 2.64. The van der Waals surface area contributed by atoms with Crippen molar-refractivity contribution in [3.05, 3.63) is 29.6 Å². The molecule has 1 saturated heterocycles. The lowest BCUT2D eigenvalue weighted by molar-refractivity contribution is 0.0963. The Bertz CT molecular complexity index is 643. The van der Waals surface area contributed by atoms with Gasteiger partial charge in [0, 0.05) is 38.8 Å². The molecular weight excluding hydrogens is 266 g/mol. The van der Waals surface area contributed by atoms with Crippen LogP contribution in [-0.4, -0.2) is 65.9 Å². The summed E-state index contributed by atoms with van der Waals surface area (Å²) < 4.78 is 0. The van der Waals surface area contributed by atoms with Crippen LogP contribution in [0.4, 0.5) is 0 Å². The van der Waals surface area contributed by atoms with Gasteiger partial charge in [-0.15, -0.1) is 0 Å². The number of amides is 1. The lowest BCUT2D eigenvalue weighted by Crippen LogP contribution is -2.44. The molecule has 2 N–H and O–H groups in total. The van der Waals surface area contributed by atoms with Gasteiger partial charge in [0.25, 0.3) is 5.91 Å². The molecule has 1 aliphatic rings. The minimum Gasteiger partial charge on any atom is -0.355 e. The fraction of sp³-hybridized carbons (Fsp3) is 0.467. The highest BCUT2D eigenvalue weighted by Gasteiger charge is 2.15. The third-order valence-corrected chi connectivity index (χ3v) is 3.99. The van der Waals surface area contributed by atoms with Gasteiger partial charge in [-0.1, -0.05) is 0 Å². The molecule has 0 unspecified atom stereocenters. The molecule has 1 fully saturated rings. The van der Waals surface area contributed by atoms with Crippen molar-refractivity contribution in [3.8, 4) is 0 Å². The van der Waals surface area contributed by atoms with Crippen LogP contribution in [0.25, 0.3) is 11.0 Å². The van der Waals surface area contributed by atoms with E-state index in [0.717, 1.165) is 49.6 Å². The Kier molecular flexibility index (Phi) is 3.90. The largest absolute Gasteiger partial charge is 0.355 e. The number of rotatable bonds is 3. The number of aromatic nitrogens is 2. The molecule has 0 radical (unpaired) electrons. The first-order valence-corrected chi connectivity index (χ1v) is 7.27. The molecule has 0 spiro atoms. The number of benzene rings is 1. The molecule has 6 nitrogen and oxygen atoms in total. The third-order valence-electron chi connectivity index (χ3n) is 3.99. The van der Waals surface area contributed by atoms with Crippen LogP contribution in [-0.2, 0) is 6.54 Å². The van der Waals surface area contributed by atoms with Crippen molar-refractivity contribution in [2.24, 2.45) is 0 Å². The molecule has 3 rings (SSSR count). The highest BCUT2D eigenvalue weighted by atomic mass is 16.1. The zero-order valence-corrected chi connectivity index (χ0v) is 12.5. The fourth-order valence-corrected chi connectivity index (χ4v) is 2.64. The Hall–Kier alpha value is -1.92. The Morgan fingerprint density at radius 2 is 2.10 bits per heavy atom. The Morgan fingerprint density at radius 1 is 1.33 bits per heavy atom. The van der Waals surface area contributed by atoms with Gasteiger partial charge in [0.15, 0.2) is 0 Å². The average molecular weight is 287 g/mol. The smallest absolute Gasteiger partial charge is 0.251 e. The van der Waals surface area contributed by atoms with Crippen molar-refractivity contribution >= 4 is 16.9 Å². The Morgan fingerprint density at radius 3 is 2.81 bits per heavy atom. The van der Waals surface area contributed by atoms with Crippen LogP contribution < -0.4 is 5.32 Å². The second-order valence-electron chi connectivity index (χ2n) is 5.57. The Balaban J connectivity index is 1.76. The number of fused-ring (bicyclic) bond motifs is 1. The number of nitrogens with zero attached hydrogens (tertiary/aromatic N) is 3. The van der Waals surface area contributed by atoms with E-state index in [9.17, 15) is 4.79 Å². The van der Waals surface area contributed by atoms with Gasteiger partial charge >= 0.3 is 0 Å². The van der Waals surface area contributed by atoms with Crippen molar-refractivity contribution in [1.82, 2.24) is 25.1 Å². The van der Waals surface area contributed by atoms with Crippen molar-refractivity contribution in [2.75, 3.05) is 40.3 Å². The van der Waals surface area contributed by atoms with Crippen LogP contribution in [0.5, 0.6) is 0 Å². The number of hydrogen-bond acceptors (Lipinski definition) is 4. The van der Waals surface area contributed by atoms with Gasteiger partial charge in [-0.3, -0.25) is 9.69 Å². The van der Waals surface area contributed by atoms with E-state index in [1.807, 2.05) is 18.2 Å². The van der Waals surface area contributed by atoms with Gasteiger partial charge in [0.05, 0.1) is 17.6 Å². The molecule has 112 valence electrons. The molecule has 0 aliphatic carbocycles. The maximum absolute atomic E-state index is 11.7. The molecule has 6 heteroatoms. The number of likely N-dealkylation sites (N-methyl/N-ethyl adjacent to an activating group) is 1. The lowest BCUT2D eigenvalue weighted by Gasteiger charge is -2.31. The second kappa shape index (κ2) is 5.83. The summed E-state index contributed by atoms with van der Waals surface area (Å²) in [6, 6.07) is 5.56. The normalized spacial score (nSPS) is 17.2. The summed E-state index contributed by atoms with van der Waals surface area (Å²) in [7, 11) is 3.79. The first kappa shape index (κ1) is 14.0. The molecule has 1 aliphatic heterocycles. The predicted molar refractivity (Wildman–Crippen MR) is 82.3 cm³/mol. The van der Waals surface area contributed by atoms with Gasteiger partial charge in [0.1, 0.15) is 5.82 Å². The first-order chi connectivity index (χ1) is 10.2. The molecule has 2 heterocycles. The standard InChI is InChI=1S/C15H21N5O/c1-16-15(21)11-3-4-12-13(9-11)18-14(17-12)10-20-7-5-19(2)6-8-20/h3-4,9H,5-8,10H2,1-2H3,(H,16,21)(H,17,18). The van der Waals surface area contributed by atoms with Crippen molar-refractivity contribution in [2.45, 2.75) is 6.54 Å². The zero-order chi connectivity index (χ0) is 14.8. The molecule has 0 saturated carbocycles. The van der Waals surface area contributed by atoms with Crippen LogP contribution in [0.1, 0.15) is 16.2 Å². The topological polar surface area (TPSA) is 64.3 Å². The van der Waals surface area contributed by atoms with E-state index >= 15 is 0 Å². The van der Waals surface area contributed by atoms with E-state index in [1.165, 1.54) is 0 Å². The number of H-pyrrole nitrogens is 1. The summed E-state index contributed by atoms with van der Waals surface area (Å²) in [4.78, 5) is 24.3. The molecule has 21 heavy (non-hydrogen) atoms. The minimum atomic E-state index is -0.0767. The molecule has 2 aromatic rings. The SMILES string of the molecule is CNC(=O)c1ccc2nc(CN3CCN(C)CC3)[nH]c2c1. The molecule has 1 aromatic carbocycles. The van der Waals surface area contributed by atoms with E-state index in [0.29, 0.717) is 5.56 Å². The summed E-state index contributed by atoms with van der Waals surface area (Å²) >= 11 is 0. The summed E-state index contributed by atoms with van der Waals surface area (Å²) in [5.74, 6) is 0.885. The molecular formula is C15H21N5O. The second-order valence-corrected chi connectivity index (χ2v) is 5.57. The summed E-state index contributed by atoms with van der Waals surface area (Å²) in [5.41, 5.74) is 2.48. The highest BCUT2D eigenvalue weighted by molar-refractivity contribution is 5.97. The number of aromatic amines is 1.